The molecule has 1 amide bonds. The Labute approximate surface area is 171 Å². The van der Waals surface area contributed by atoms with E-state index in [2.05, 4.69) is 10.4 Å². The number of hydrogen-bond donors (Lipinski definition) is 1. The highest BCUT2D eigenvalue weighted by atomic mass is 16.6. The second-order valence-electron chi connectivity index (χ2n) is 6.79. The van der Waals surface area contributed by atoms with E-state index in [1.165, 1.54) is 12.1 Å². The number of nitro groups is 1. The molecule has 0 aliphatic rings. The van der Waals surface area contributed by atoms with E-state index in [1.54, 1.807) is 36.0 Å². The van der Waals surface area contributed by atoms with E-state index in [-0.39, 0.29) is 5.69 Å². The van der Waals surface area contributed by atoms with E-state index in [1.807, 2.05) is 37.3 Å². The number of benzene rings is 2. The minimum absolute atomic E-state index is 0.0993. The van der Waals surface area contributed by atoms with E-state index in [0.717, 1.165) is 5.69 Å². The second-order valence-corrected chi connectivity index (χ2v) is 6.79. The summed E-state index contributed by atoms with van der Waals surface area (Å²) in [7, 11) is 0. The van der Waals surface area contributed by atoms with Crippen LogP contribution in [0.3, 0.4) is 0 Å². The van der Waals surface area contributed by atoms with Gasteiger partial charge in [-0.25, -0.2) is 4.68 Å². The Morgan fingerprint density at radius 3 is 2.53 bits per heavy atom. The fourth-order valence-electron chi connectivity index (χ4n) is 3.04. The molecule has 0 aliphatic heterocycles. The summed E-state index contributed by atoms with van der Waals surface area (Å²) in [6, 6.07) is 17.3. The summed E-state index contributed by atoms with van der Waals surface area (Å²) in [4.78, 5) is 23.7. The van der Waals surface area contributed by atoms with Crippen LogP contribution in [0.2, 0.25) is 0 Å². The van der Waals surface area contributed by atoms with Gasteiger partial charge in [-0.2, -0.15) is 5.10 Å². The molecule has 4 aromatic rings. The summed E-state index contributed by atoms with van der Waals surface area (Å²) in [5.74, 6) is 0.716. The van der Waals surface area contributed by atoms with Crippen LogP contribution in [0.15, 0.2) is 71.3 Å². The molecule has 30 heavy (non-hydrogen) atoms. The number of nitrogens with zero attached hydrogens (tertiary/aromatic N) is 3. The van der Waals surface area contributed by atoms with Crippen LogP contribution in [-0.2, 0) is 0 Å². The number of carbonyl (C=O) groups is 1. The van der Waals surface area contributed by atoms with Gasteiger partial charge in [0, 0.05) is 18.3 Å². The van der Waals surface area contributed by atoms with Crippen molar-refractivity contribution in [3.8, 4) is 17.1 Å². The first-order chi connectivity index (χ1) is 14.4. The summed E-state index contributed by atoms with van der Waals surface area (Å²) >= 11 is 0. The molecule has 0 saturated carbocycles. The van der Waals surface area contributed by atoms with Crippen LogP contribution >= 0.6 is 0 Å². The Morgan fingerprint density at radius 1 is 1.10 bits per heavy atom. The number of anilines is 1. The number of nitro benzene ring substituents is 1. The molecule has 0 aliphatic carbocycles. The average Bonchev–Trinajstić information content (AvgIpc) is 3.36. The normalized spacial score (nSPS) is 10.7. The Bertz CT molecular complexity index is 1240. The van der Waals surface area contributed by atoms with Crippen molar-refractivity contribution in [3.05, 3.63) is 93.9 Å². The standard InChI is InChI=1S/C22H18N4O4/c1-14-8-10-17(26(28)29)12-19(14)23-22(27)18-13-25(16-6-4-3-5-7-16)24-21(18)20-11-9-15(2)30-20/h3-13H,1-2H3,(H,23,27). The average molecular weight is 402 g/mol. The lowest BCUT2D eigenvalue weighted by atomic mass is 10.1. The SMILES string of the molecule is Cc1ccc(-c2nn(-c3ccccc3)cc2C(=O)Nc2cc([N+](=O)[O-])ccc2C)o1. The van der Waals surface area contributed by atoms with E-state index < -0.39 is 10.8 Å². The first-order valence-corrected chi connectivity index (χ1v) is 9.20. The molecule has 0 saturated heterocycles. The molecule has 0 atom stereocenters. The summed E-state index contributed by atoms with van der Waals surface area (Å²) < 4.78 is 7.29. The van der Waals surface area contributed by atoms with Crippen molar-refractivity contribution in [2.24, 2.45) is 0 Å². The van der Waals surface area contributed by atoms with Crippen molar-refractivity contribution in [3.63, 3.8) is 0 Å². The molecule has 0 radical (unpaired) electrons. The van der Waals surface area contributed by atoms with E-state index >= 15 is 0 Å². The molecule has 4 rings (SSSR count). The third-order valence-corrected chi connectivity index (χ3v) is 4.63. The number of non-ortho nitro benzene ring substituents is 1. The molecule has 2 aromatic carbocycles. The lowest BCUT2D eigenvalue weighted by Gasteiger charge is -2.08. The van der Waals surface area contributed by atoms with Gasteiger partial charge < -0.3 is 9.73 Å². The van der Waals surface area contributed by atoms with Crippen LogP contribution in [0.25, 0.3) is 17.1 Å². The van der Waals surface area contributed by atoms with Gasteiger partial charge in [0.05, 0.1) is 21.9 Å². The number of aromatic nitrogens is 2. The van der Waals surface area contributed by atoms with Crippen LogP contribution < -0.4 is 5.32 Å². The lowest BCUT2D eigenvalue weighted by molar-refractivity contribution is -0.384. The first kappa shape index (κ1) is 19.1. The quantitative estimate of drug-likeness (QED) is 0.377. The summed E-state index contributed by atoms with van der Waals surface area (Å²) in [6.45, 7) is 3.58. The largest absolute Gasteiger partial charge is 0.460 e. The molecule has 150 valence electrons. The van der Waals surface area contributed by atoms with Crippen LogP contribution in [0.4, 0.5) is 11.4 Å². The summed E-state index contributed by atoms with van der Waals surface area (Å²) in [5, 5.41) is 18.4. The Hall–Kier alpha value is -4.20. The van der Waals surface area contributed by atoms with Gasteiger partial charge >= 0.3 is 0 Å². The van der Waals surface area contributed by atoms with E-state index in [9.17, 15) is 14.9 Å². The monoisotopic (exact) mass is 402 g/mol. The predicted octanol–water partition coefficient (Wildman–Crippen LogP) is 4.91. The molecular formula is C22H18N4O4. The first-order valence-electron chi connectivity index (χ1n) is 9.20. The van der Waals surface area contributed by atoms with E-state index in [0.29, 0.717) is 34.0 Å². The topological polar surface area (TPSA) is 103 Å². The fourth-order valence-corrected chi connectivity index (χ4v) is 3.04. The maximum Gasteiger partial charge on any atom is 0.271 e. The minimum atomic E-state index is -0.500. The molecule has 0 fully saturated rings. The maximum absolute atomic E-state index is 13.1. The summed E-state index contributed by atoms with van der Waals surface area (Å²) in [6.07, 6.45) is 1.62. The molecule has 0 bridgehead atoms. The smallest absolute Gasteiger partial charge is 0.271 e. The third-order valence-electron chi connectivity index (χ3n) is 4.63. The van der Waals surface area contributed by atoms with Crippen LogP contribution in [0.5, 0.6) is 0 Å². The van der Waals surface area contributed by atoms with Crippen molar-refractivity contribution < 1.29 is 14.1 Å². The summed E-state index contributed by atoms with van der Waals surface area (Å²) in [5.41, 5.74) is 2.43. The predicted molar refractivity (Wildman–Crippen MR) is 112 cm³/mol. The van der Waals surface area contributed by atoms with Crippen LogP contribution in [0, 0.1) is 24.0 Å². The van der Waals surface area contributed by atoms with Gasteiger partial charge in [-0.15, -0.1) is 0 Å². The second kappa shape index (κ2) is 7.67. The maximum atomic E-state index is 13.1. The lowest BCUT2D eigenvalue weighted by Crippen LogP contribution is -2.13. The number of para-hydroxylation sites is 1. The molecule has 0 spiro atoms. The zero-order valence-electron chi connectivity index (χ0n) is 16.3. The third kappa shape index (κ3) is 3.70. The van der Waals surface area contributed by atoms with Crippen molar-refractivity contribution in [1.82, 2.24) is 9.78 Å². The highest BCUT2D eigenvalue weighted by Gasteiger charge is 2.22. The van der Waals surface area contributed by atoms with Crippen molar-refractivity contribution in [1.29, 1.82) is 0 Å². The van der Waals surface area contributed by atoms with Crippen molar-refractivity contribution >= 4 is 17.3 Å². The number of nitrogens with one attached hydrogen (secondary N) is 1. The van der Waals surface area contributed by atoms with Gasteiger partial charge in [0.2, 0.25) is 0 Å². The van der Waals surface area contributed by atoms with E-state index in [4.69, 9.17) is 4.42 Å². The molecular weight excluding hydrogens is 384 g/mol. The molecule has 8 heteroatoms. The molecule has 0 unspecified atom stereocenters. The van der Waals surface area contributed by atoms with Gasteiger partial charge in [-0.1, -0.05) is 24.3 Å². The van der Waals surface area contributed by atoms with Gasteiger partial charge in [0.15, 0.2) is 5.76 Å². The zero-order valence-corrected chi connectivity index (χ0v) is 16.3. The van der Waals surface area contributed by atoms with Crippen LogP contribution in [-0.4, -0.2) is 20.6 Å². The van der Waals surface area contributed by atoms with Gasteiger partial charge in [0.25, 0.3) is 11.6 Å². The molecule has 8 nitrogen and oxygen atoms in total. The number of hydrogen-bond acceptors (Lipinski definition) is 5. The highest BCUT2D eigenvalue weighted by molar-refractivity contribution is 6.08. The fraction of sp³-hybridized carbons (Fsp3) is 0.0909. The Morgan fingerprint density at radius 2 is 1.87 bits per heavy atom. The van der Waals surface area contributed by atoms with Crippen molar-refractivity contribution in [2.75, 3.05) is 5.32 Å². The molecule has 2 aromatic heterocycles. The molecule has 2 heterocycles. The Balaban J connectivity index is 1.76. The van der Waals surface area contributed by atoms with Crippen LogP contribution in [0.1, 0.15) is 21.7 Å². The Kier molecular flexibility index (Phi) is 4.89. The highest BCUT2D eigenvalue weighted by Crippen LogP contribution is 2.28. The number of carbonyl (C=O) groups excluding carboxylic acids is 1. The number of furan rings is 1. The number of rotatable bonds is 5. The molecule has 1 N–H and O–H groups in total. The zero-order chi connectivity index (χ0) is 21.3. The van der Waals surface area contributed by atoms with Gasteiger partial charge in [0.1, 0.15) is 11.5 Å². The van der Waals surface area contributed by atoms with Gasteiger partial charge in [-0.3, -0.25) is 14.9 Å². The van der Waals surface area contributed by atoms with Gasteiger partial charge in [-0.05, 0) is 43.7 Å². The number of aryl methyl sites for hydroxylation is 2. The minimum Gasteiger partial charge on any atom is -0.460 e. The van der Waals surface area contributed by atoms with Crippen molar-refractivity contribution in [2.45, 2.75) is 13.8 Å². The number of amides is 1.